The normalized spacial score (nSPS) is 20.2. The minimum Gasteiger partial charge on any atom is -0.342 e. The van der Waals surface area contributed by atoms with Crippen molar-refractivity contribution >= 4 is 40.8 Å². The van der Waals surface area contributed by atoms with Crippen molar-refractivity contribution in [3.05, 3.63) is 83.3 Å². The van der Waals surface area contributed by atoms with Gasteiger partial charge in [-0.3, -0.25) is 14.4 Å². The van der Waals surface area contributed by atoms with Crippen molar-refractivity contribution in [2.45, 2.75) is 44.2 Å². The molecule has 6 N–H and O–H groups in total. The largest absolute Gasteiger partial charge is 0.342 e. The van der Waals surface area contributed by atoms with Crippen LogP contribution in [0.25, 0.3) is 10.8 Å². The van der Waals surface area contributed by atoms with Crippen molar-refractivity contribution in [1.82, 2.24) is 21.3 Å². The molecule has 9 heteroatoms. The van der Waals surface area contributed by atoms with Gasteiger partial charge >= 0.3 is 0 Å². The maximum absolute atomic E-state index is 12.9. The Hall–Kier alpha value is -3.40. The van der Waals surface area contributed by atoms with Gasteiger partial charge in [-0.1, -0.05) is 72.3 Å². The van der Waals surface area contributed by atoms with Crippen molar-refractivity contribution in [2.24, 2.45) is 5.73 Å². The maximum atomic E-state index is 12.9. The van der Waals surface area contributed by atoms with Gasteiger partial charge in [-0.2, -0.15) is 0 Å². The van der Waals surface area contributed by atoms with Crippen LogP contribution in [0.5, 0.6) is 0 Å². The molecule has 8 nitrogen and oxygen atoms in total. The fourth-order valence-electron chi connectivity index (χ4n) is 4.37. The lowest BCUT2D eigenvalue weighted by atomic mass is 9.88. The first kappa shape index (κ1) is 30.1. The molecule has 208 valence electrons. The van der Waals surface area contributed by atoms with Gasteiger partial charge in [-0.15, -0.1) is 11.8 Å². The third-order valence-corrected chi connectivity index (χ3v) is 7.58. The third kappa shape index (κ3) is 9.69. The highest BCUT2D eigenvalue weighted by Gasteiger charge is 2.37. The molecule has 0 spiro atoms. The lowest BCUT2D eigenvalue weighted by Gasteiger charge is -2.33. The summed E-state index contributed by atoms with van der Waals surface area (Å²) in [5.74, 6) is 0.391. The predicted molar refractivity (Wildman–Crippen MR) is 160 cm³/mol. The van der Waals surface area contributed by atoms with Crippen LogP contribution in [0.1, 0.15) is 31.7 Å². The maximum Gasteiger partial charge on any atom is 0.244 e. The number of hydrogen-bond donors (Lipinski definition) is 5. The fourth-order valence-corrected chi connectivity index (χ4v) is 5.06. The molecule has 2 aromatic rings. The molecule has 0 unspecified atom stereocenters. The lowest BCUT2D eigenvalue weighted by Crippen LogP contribution is -2.62. The first-order valence-corrected chi connectivity index (χ1v) is 14.3. The first-order valence-electron chi connectivity index (χ1n) is 13.2. The van der Waals surface area contributed by atoms with Crippen molar-refractivity contribution in [3.8, 4) is 0 Å². The molecule has 1 fully saturated rings. The Balaban J connectivity index is 0.000000353. The number of allylic oxidation sites excluding steroid dienone is 4. The Morgan fingerprint density at radius 2 is 1.85 bits per heavy atom. The second-order valence-electron chi connectivity index (χ2n) is 9.67. The van der Waals surface area contributed by atoms with E-state index in [2.05, 4.69) is 57.9 Å². The summed E-state index contributed by atoms with van der Waals surface area (Å²) in [6.07, 6.45) is 11.5. The Morgan fingerprint density at radius 1 is 1.10 bits per heavy atom. The summed E-state index contributed by atoms with van der Waals surface area (Å²) in [5, 5.41) is 15.4. The minimum atomic E-state index is -0.996. The molecule has 0 bridgehead atoms. The van der Waals surface area contributed by atoms with E-state index in [1.54, 1.807) is 0 Å². The summed E-state index contributed by atoms with van der Waals surface area (Å²) in [7, 11) is 0. The van der Waals surface area contributed by atoms with Gasteiger partial charge in [0.2, 0.25) is 18.2 Å². The van der Waals surface area contributed by atoms with Crippen LogP contribution in [-0.2, 0) is 20.8 Å². The number of nitrogens with one attached hydrogen (secondary N) is 4. The molecule has 1 atom stereocenters. The van der Waals surface area contributed by atoms with E-state index < -0.39 is 11.6 Å². The average Bonchev–Trinajstić information content (AvgIpc) is 3.07. The zero-order valence-electron chi connectivity index (χ0n) is 22.5. The number of amides is 3. The molecule has 0 saturated carbocycles. The quantitative estimate of drug-likeness (QED) is 0.196. The van der Waals surface area contributed by atoms with Gasteiger partial charge in [0.15, 0.2) is 0 Å². The van der Waals surface area contributed by atoms with Gasteiger partial charge < -0.3 is 27.0 Å². The van der Waals surface area contributed by atoms with E-state index in [0.29, 0.717) is 38.8 Å². The molecule has 0 radical (unpaired) electrons. The molecule has 0 aliphatic carbocycles. The Kier molecular flexibility index (Phi) is 12.3. The van der Waals surface area contributed by atoms with E-state index >= 15 is 0 Å². The number of fused-ring (bicyclic) bond motifs is 1. The number of nitrogens with two attached hydrogens (primary N) is 1. The van der Waals surface area contributed by atoms with Gasteiger partial charge in [-0.25, -0.2) is 0 Å². The van der Waals surface area contributed by atoms with Crippen LogP contribution in [0.3, 0.4) is 0 Å². The summed E-state index contributed by atoms with van der Waals surface area (Å²) in [6.45, 7) is 3.48. The van der Waals surface area contributed by atoms with Crippen LogP contribution in [-0.4, -0.2) is 55.3 Å². The molecule has 3 amide bonds. The summed E-state index contributed by atoms with van der Waals surface area (Å²) in [5.41, 5.74) is 7.71. The second-order valence-corrected chi connectivity index (χ2v) is 10.6. The standard InChI is InChI=1S/C21H27N5O3.C9H12S/c22-21(8-10-23-11-9-21)20(29)26-18(19(28)25-13-24-14-27)12-16-6-3-5-15-4-1-2-7-17(15)16;1-9-6-4-2-3-5-7-10-8-9/h1-7,14,18,23H,8-13,22H2,(H,24,27)(H,25,28)(H,26,29);2-5,8H,6-7H2,1H3/b;4-2-,5-3-,9-8-/t18-;/m1./s1. The smallest absolute Gasteiger partial charge is 0.244 e. The number of rotatable bonds is 8. The molecule has 2 heterocycles. The first-order chi connectivity index (χ1) is 18.9. The number of thioether (sulfide) groups is 1. The molecule has 39 heavy (non-hydrogen) atoms. The number of benzene rings is 2. The van der Waals surface area contributed by atoms with Crippen molar-refractivity contribution in [3.63, 3.8) is 0 Å². The second kappa shape index (κ2) is 15.9. The van der Waals surface area contributed by atoms with E-state index in [1.807, 2.05) is 54.2 Å². The molecule has 1 saturated heterocycles. The number of hydrogen-bond acceptors (Lipinski definition) is 6. The van der Waals surface area contributed by atoms with E-state index in [9.17, 15) is 14.4 Å². The van der Waals surface area contributed by atoms with Gasteiger partial charge in [0, 0.05) is 12.2 Å². The van der Waals surface area contributed by atoms with Crippen molar-refractivity contribution < 1.29 is 14.4 Å². The number of carbonyl (C=O) groups is 3. The predicted octanol–water partition coefficient (Wildman–Crippen LogP) is 2.91. The van der Waals surface area contributed by atoms with E-state index in [1.165, 1.54) is 5.57 Å². The van der Waals surface area contributed by atoms with Crippen molar-refractivity contribution in [2.75, 3.05) is 25.5 Å². The van der Waals surface area contributed by atoms with Crippen molar-refractivity contribution in [1.29, 1.82) is 0 Å². The summed E-state index contributed by atoms with van der Waals surface area (Å²) < 4.78 is 0. The molecule has 0 aromatic heterocycles. The van der Waals surface area contributed by atoms with Crippen LogP contribution < -0.4 is 27.0 Å². The molecule has 2 aliphatic rings. The molecule has 4 rings (SSSR count). The zero-order valence-corrected chi connectivity index (χ0v) is 23.3. The van der Waals surface area contributed by atoms with Gasteiger partial charge in [0.25, 0.3) is 0 Å². The average molecular weight is 550 g/mol. The molecular formula is C30H39N5O3S. The summed E-state index contributed by atoms with van der Waals surface area (Å²) in [4.78, 5) is 36.1. The van der Waals surface area contributed by atoms with Crippen LogP contribution in [0.2, 0.25) is 0 Å². The van der Waals surface area contributed by atoms with Crippen LogP contribution in [0.15, 0.2) is 77.7 Å². The van der Waals surface area contributed by atoms with Crippen LogP contribution in [0.4, 0.5) is 0 Å². The highest BCUT2D eigenvalue weighted by Crippen LogP contribution is 2.21. The van der Waals surface area contributed by atoms with Crippen LogP contribution in [0, 0.1) is 0 Å². The van der Waals surface area contributed by atoms with E-state index in [4.69, 9.17) is 5.73 Å². The fraction of sp³-hybridized carbons (Fsp3) is 0.367. The van der Waals surface area contributed by atoms with E-state index in [0.717, 1.165) is 28.5 Å². The lowest BCUT2D eigenvalue weighted by molar-refractivity contribution is -0.132. The third-order valence-electron chi connectivity index (χ3n) is 6.62. The number of carbonyl (C=O) groups excluding carboxylic acids is 3. The molecule has 2 aliphatic heterocycles. The SMILES string of the molecule is C/C1=C/SC/C=C\C=C/C1.NC1(C(=O)N[C@H](Cc2cccc3ccccc23)C(=O)NCNC=O)CCNCC1. The number of piperidine rings is 1. The van der Waals surface area contributed by atoms with Gasteiger partial charge in [0.05, 0.1) is 12.2 Å². The molecular weight excluding hydrogens is 510 g/mol. The Labute approximate surface area is 234 Å². The highest BCUT2D eigenvalue weighted by molar-refractivity contribution is 8.02. The molecule has 2 aromatic carbocycles. The topological polar surface area (TPSA) is 125 Å². The summed E-state index contributed by atoms with van der Waals surface area (Å²) >= 11 is 1.86. The van der Waals surface area contributed by atoms with Gasteiger partial charge in [0.1, 0.15) is 6.04 Å². The minimum absolute atomic E-state index is 0.0120. The highest BCUT2D eigenvalue weighted by atomic mass is 32.2. The Bertz CT molecular complexity index is 1200. The Morgan fingerprint density at radius 3 is 2.64 bits per heavy atom. The van der Waals surface area contributed by atoms with Gasteiger partial charge in [-0.05, 0) is 61.0 Å². The summed E-state index contributed by atoms with van der Waals surface area (Å²) in [6, 6.07) is 13.0. The van der Waals surface area contributed by atoms with Crippen LogP contribution >= 0.6 is 11.8 Å². The van der Waals surface area contributed by atoms with E-state index in [-0.39, 0.29) is 18.5 Å². The monoisotopic (exact) mass is 549 g/mol. The zero-order chi connectivity index (χ0) is 27.9.